The second-order valence-corrected chi connectivity index (χ2v) is 6.17. The molecule has 0 amide bonds. The minimum Gasteiger partial charge on any atom is -0.493 e. The van der Waals surface area contributed by atoms with Gasteiger partial charge in [0.05, 0.1) is 14.2 Å². The summed E-state index contributed by atoms with van der Waals surface area (Å²) in [5, 5.41) is 3.70. The maximum atomic E-state index is 5.41. The van der Waals surface area contributed by atoms with E-state index in [1.54, 1.807) is 14.2 Å². The molecule has 0 aliphatic heterocycles. The highest BCUT2D eigenvalue weighted by molar-refractivity contribution is 5.60. The van der Waals surface area contributed by atoms with Crippen LogP contribution in [0.2, 0.25) is 0 Å². The van der Waals surface area contributed by atoms with E-state index in [0.29, 0.717) is 6.04 Å². The van der Waals surface area contributed by atoms with Gasteiger partial charge < -0.3 is 14.8 Å². The Morgan fingerprint density at radius 3 is 2.24 bits per heavy atom. The predicted molar refractivity (Wildman–Crippen MR) is 88.6 cm³/mol. The fourth-order valence-electron chi connectivity index (χ4n) is 3.36. The van der Waals surface area contributed by atoms with E-state index < -0.39 is 0 Å². The second kappa shape index (κ2) is 7.58. The van der Waals surface area contributed by atoms with Crippen LogP contribution in [0, 0.1) is 12.8 Å². The van der Waals surface area contributed by atoms with E-state index in [0.717, 1.165) is 17.4 Å². The van der Waals surface area contributed by atoms with Crippen molar-refractivity contribution in [1.29, 1.82) is 0 Å². The van der Waals surface area contributed by atoms with Gasteiger partial charge in [-0.15, -0.1) is 0 Å². The molecule has 3 heteroatoms. The third-order valence-corrected chi connectivity index (χ3v) is 4.63. The molecule has 1 fully saturated rings. The van der Waals surface area contributed by atoms with Gasteiger partial charge in [-0.2, -0.15) is 0 Å². The van der Waals surface area contributed by atoms with Gasteiger partial charge in [0, 0.05) is 17.8 Å². The van der Waals surface area contributed by atoms with Crippen molar-refractivity contribution in [2.24, 2.45) is 5.92 Å². The summed E-state index contributed by atoms with van der Waals surface area (Å²) >= 11 is 0. The van der Waals surface area contributed by atoms with Crippen molar-refractivity contribution in [1.82, 2.24) is 0 Å². The molecule has 118 valence electrons. The first-order chi connectivity index (χ1) is 10.2. The Hall–Kier alpha value is -1.38. The van der Waals surface area contributed by atoms with Crippen LogP contribution >= 0.6 is 0 Å². The van der Waals surface area contributed by atoms with Crippen molar-refractivity contribution in [3.05, 3.63) is 17.7 Å². The Bertz CT molecular complexity index is 451. The highest BCUT2D eigenvalue weighted by atomic mass is 16.5. The molecule has 0 atom stereocenters. The smallest absolute Gasteiger partial charge is 0.162 e. The molecule has 0 bridgehead atoms. The standard InChI is InChI=1S/C18H29NO2/c1-5-6-14-7-9-15(10-8-14)19-16-12-18(21-4)17(20-3)11-13(16)2/h11-12,14-15,19H,5-10H2,1-4H3. The molecule has 1 aromatic carbocycles. The number of aryl methyl sites for hydroxylation is 1. The first-order valence-electron chi connectivity index (χ1n) is 8.17. The van der Waals surface area contributed by atoms with Gasteiger partial charge in [-0.05, 0) is 50.2 Å². The van der Waals surface area contributed by atoms with Crippen molar-refractivity contribution in [2.75, 3.05) is 19.5 Å². The first-order valence-corrected chi connectivity index (χ1v) is 8.17. The van der Waals surface area contributed by atoms with Crippen LogP contribution in [0.25, 0.3) is 0 Å². The summed E-state index contributed by atoms with van der Waals surface area (Å²) in [5.74, 6) is 2.54. The number of hydrogen-bond acceptors (Lipinski definition) is 3. The summed E-state index contributed by atoms with van der Waals surface area (Å²) in [6.07, 6.45) is 7.98. The lowest BCUT2D eigenvalue weighted by atomic mass is 9.83. The Morgan fingerprint density at radius 1 is 1.05 bits per heavy atom. The predicted octanol–water partition coefficient (Wildman–Crippen LogP) is 4.78. The van der Waals surface area contributed by atoms with Crippen LogP contribution in [0.4, 0.5) is 5.69 Å². The van der Waals surface area contributed by atoms with Gasteiger partial charge in [0.25, 0.3) is 0 Å². The minimum atomic E-state index is 0.593. The molecule has 1 aliphatic rings. The van der Waals surface area contributed by atoms with Crippen LogP contribution in [0.15, 0.2) is 12.1 Å². The average molecular weight is 291 g/mol. The topological polar surface area (TPSA) is 30.5 Å². The van der Waals surface area contributed by atoms with Crippen LogP contribution in [0.3, 0.4) is 0 Å². The van der Waals surface area contributed by atoms with E-state index in [2.05, 4.69) is 25.2 Å². The number of hydrogen-bond donors (Lipinski definition) is 1. The maximum Gasteiger partial charge on any atom is 0.162 e. The summed E-state index contributed by atoms with van der Waals surface area (Å²) < 4.78 is 10.8. The average Bonchev–Trinajstić information content (AvgIpc) is 2.51. The quantitative estimate of drug-likeness (QED) is 0.818. The fourth-order valence-corrected chi connectivity index (χ4v) is 3.36. The zero-order valence-corrected chi connectivity index (χ0v) is 13.9. The molecule has 0 aromatic heterocycles. The summed E-state index contributed by atoms with van der Waals surface area (Å²) in [7, 11) is 3.37. The van der Waals surface area contributed by atoms with Crippen LogP contribution in [0.5, 0.6) is 11.5 Å². The van der Waals surface area contributed by atoms with Crippen LogP contribution in [0.1, 0.15) is 51.0 Å². The molecule has 0 spiro atoms. The van der Waals surface area contributed by atoms with Gasteiger partial charge in [0.15, 0.2) is 11.5 Å². The van der Waals surface area contributed by atoms with Crippen LogP contribution in [-0.4, -0.2) is 20.3 Å². The highest BCUT2D eigenvalue weighted by Crippen LogP contribution is 2.35. The second-order valence-electron chi connectivity index (χ2n) is 6.17. The maximum absolute atomic E-state index is 5.41. The molecular weight excluding hydrogens is 262 g/mol. The van der Waals surface area contributed by atoms with E-state index in [1.165, 1.54) is 49.8 Å². The number of benzene rings is 1. The monoisotopic (exact) mass is 291 g/mol. The van der Waals surface area contributed by atoms with E-state index >= 15 is 0 Å². The van der Waals surface area contributed by atoms with Gasteiger partial charge in [-0.25, -0.2) is 0 Å². The number of nitrogens with one attached hydrogen (secondary N) is 1. The Kier molecular flexibility index (Phi) is 5.77. The molecule has 1 N–H and O–H groups in total. The van der Waals surface area contributed by atoms with Gasteiger partial charge in [-0.1, -0.05) is 19.8 Å². The molecule has 2 rings (SSSR count). The van der Waals surface area contributed by atoms with E-state index in [9.17, 15) is 0 Å². The zero-order chi connectivity index (χ0) is 15.2. The normalized spacial score (nSPS) is 21.9. The third kappa shape index (κ3) is 4.05. The third-order valence-electron chi connectivity index (χ3n) is 4.63. The van der Waals surface area contributed by atoms with Crippen molar-refractivity contribution in [2.45, 2.75) is 58.4 Å². The summed E-state index contributed by atoms with van der Waals surface area (Å²) in [6.45, 7) is 4.41. The molecular formula is C18H29NO2. The van der Waals surface area contributed by atoms with Gasteiger partial charge >= 0.3 is 0 Å². The zero-order valence-electron chi connectivity index (χ0n) is 13.9. The van der Waals surface area contributed by atoms with Gasteiger partial charge in [0.2, 0.25) is 0 Å². The number of methoxy groups -OCH3 is 2. The Labute approximate surface area is 129 Å². The fraction of sp³-hybridized carbons (Fsp3) is 0.667. The van der Waals surface area contributed by atoms with Crippen molar-refractivity contribution in [3.8, 4) is 11.5 Å². The van der Waals surface area contributed by atoms with Gasteiger partial charge in [-0.3, -0.25) is 0 Å². The van der Waals surface area contributed by atoms with E-state index in [1.807, 2.05) is 6.07 Å². The van der Waals surface area contributed by atoms with Crippen molar-refractivity contribution < 1.29 is 9.47 Å². The van der Waals surface area contributed by atoms with E-state index in [-0.39, 0.29) is 0 Å². The highest BCUT2D eigenvalue weighted by Gasteiger charge is 2.21. The molecule has 0 unspecified atom stereocenters. The molecule has 0 saturated heterocycles. The van der Waals surface area contributed by atoms with E-state index in [4.69, 9.17) is 9.47 Å². The summed E-state index contributed by atoms with van der Waals surface area (Å²) in [6, 6.07) is 4.70. The first kappa shape index (κ1) is 16.0. The van der Waals surface area contributed by atoms with Crippen molar-refractivity contribution >= 4 is 5.69 Å². The molecule has 0 radical (unpaired) electrons. The Balaban J connectivity index is 2.00. The van der Waals surface area contributed by atoms with Crippen molar-refractivity contribution in [3.63, 3.8) is 0 Å². The summed E-state index contributed by atoms with van der Waals surface area (Å²) in [4.78, 5) is 0. The molecule has 1 aliphatic carbocycles. The SMILES string of the molecule is CCCC1CCC(Nc2cc(OC)c(OC)cc2C)CC1. The van der Waals surface area contributed by atoms with Crippen LogP contribution < -0.4 is 14.8 Å². The number of rotatable bonds is 6. The lowest BCUT2D eigenvalue weighted by Gasteiger charge is -2.30. The largest absolute Gasteiger partial charge is 0.493 e. The number of ether oxygens (including phenoxy) is 2. The molecule has 21 heavy (non-hydrogen) atoms. The lowest BCUT2D eigenvalue weighted by Crippen LogP contribution is -2.26. The molecule has 1 saturated carbocycles. The van der Waals surface area contributed by atoms with Crippen LogP contribution in [-0.2, 0) is 0 Å². The van der Waals surface area contributed by atoms with Gasteiger partial charge in [0.1, 0.15) is 0 Å². The Morgan fingerprint density at radius 2 is 1.67 bits per heavy atom. The lowest BCUT2D eigenvalue weighted by molar-refractivity contribution is 0.318. The molecule has 3 nitrogen and oxygen atoms in total. The molecule has 0 heterocycles. The summed E-state index contributed by atoms with van der Waals surface area (Å²) in [5.41, 5.74) is 2.38. The molecule has 1 aromatic rings. The number of anilines is 1. The minimum absolute atomic E-state index is 0.593.